The first-order chi connectivity index (χ1) is 11.6. The normalized spacial score (nSPS) is 11.1. The second-order valence-corrected chi connectivity index (χ2v) is 5.31. The van der Waals surface area contributed by atoms with Crippen molar-refractivity contribution >= 4 is 11.2 Å². The molecule has 0 bridgehead atoms. The van der Waals surface area contributed by atoms with Crippen molar-refractivity contribution in [2.45, 2.75) is 0 Å². The molecule has 0 saturated carbocycles. The average molecular weight is 324 g/mol. The van der Waals surface area contributed by atoms with E-state index in [2.05, 4.69) is 0 Å². The van der Waals surface area contributed by atoms with E-state index in [4.69, 9.17) is 8.83 Å². The SMILES string of the molecule is O=c1cc(-c2cccc(F)c2)c2cc(-c3cccc(F)c3)oc2o1. The highest BCUT2D eigenvalue weighted by Crippen LogP contribution is 2.33. The van der Waals surface area contributed by atoms with Crippen LogP contribution >= 0.6 is 0 Å². The first-order valence-corrected chi connectivity index (χ1v) is 7.20. The highest BCUT2D eigenvalue weighted by Gasteiger charge is 2.15. The minimum atomic E-state index is -0.609. The molecule has 0 unspecified atom stereocenters. The zero-order valence-corrected chi connectivity index (χ0v) is 12.3. The number of benzene rings is 2. The van der Waals surface area contributed by atoms with Crippen LogP contribution in [0.25, 0.3) is 33.6 Å². The highest BCUT2D eigenvalue weighted by molar-refractivity contribution is 5.93. The fourth-order valence-corrected chi connectivity index (χ4v) is 2.63. The Kier molecular flexibility index (Phi) is 3.27. The summed E-state index contributed by atoms with van der Waals surface area (Å²) in [6.45, 7) is 0. The molecule has 0 N–H and O–H groups in total. The maximum absolute atomic E-state index is 13.5. The van der Waals surface area contributed by atoms with Gasteiger partial charge in [-0.15, -0.1) is 0 Å². The van der Waals surface area contributed by atoms with Crippen LogP contribution in [0.1, 0.15) is 0 Å². The Bertz CT molecular complexity index is 1110. The topological polar surface area (TPSA) is 43.4 Å². The number of hydrogen-bond donors (Lipinski definition) is 0. The minimum Gasteiger partial charge on any atom is -0.425 e. The first-order valence-electron chi connectivity index (χ1n) is 7.20. The number of rotatable bonds is 2. The summed E-state index contributed by atoms with van der Waals surface area (Å²) < 4.78 is 37.5. The quantitative estimate of drug-likeness (QED) is 0.521. The predicted molar refractivity (Wildman–Crippen MR) is 85.5 cm³/mol. The lowest BCUT2D eigenvalue weighted by Crippen LogP contribution is -1.96. The van der Waals surface area contributed by atoms with Crippen molar-refractivity contribution in [3.05, 3.63) is 82.7 Å². The van der Waals surface area contributed by atoms with E-state index in [1.165, 1.54) is 30.3 Å². The van der Waals surface area contributed by atoms with E-state index in [9.17, 15) is 13.6 Å². The lowest BCUT2D eigenvalue weighted by molar-refractivity contribution is 0.456. The Morgan fingerprint density at radius 1 is 0.750 bits per heavy atom. The monoisotopic (exact) mass is 324 g/mol. The van der Waals surface area contributed by atoms with E-state index in [0.717, 1.165) is 0 Å². The summed E-state index contributed by atoms with van der Waals surface area (Å²) >= 11 is 0. The van der Waals surface area contributed by atoms with Gasteiger partial charge in [0.2, 0.25) is 0 Å². The molecule has 0 atom stereocenters. The summed E-state index contributed by atoms with van der Waals surface area (Å²) in [6.07, 6.45) is 0. The van der Waals surface area contributed by atoms with Crippen molar-refractivity contribution in [2.24, 2.45) is 0 Å². The van der Waals surface area contributed by atoms with Gasteiger partial charge in [-0.05, 0) is 35.9 Å². The van der Waals surface area contributed by atoms with Crippen molar-refractivity contribution < 1.29 is 17.6 Å². The third-order valence-corrected chi connectivity index (χ3v) is 3.69. The predicted octanol–water partition coefficient (Wildman–Crippen LogP) is 5.00. The fourth-order valence-electron chi connectivity index (χ4n) is 2.63. The van der Waals surface area contributed by atoms with Crippen molar-refractivity contribution in [1.82, 2.24) is 0 Å². The average Bonchev–Trinajstić information content (AvgIpc) is 2.98. The Hall–Kier alpha value is -3.21. The summed E-state index contributed by atoms with van der Waals surface area (Å²) in [5.41, 5.74) is 0.924. The number of furan rings is 1. The largest absolute Gasteiger partial charge is 0.425 e. The smallest absolute Gasteiger partial charge is 0.339 e. The molecule has 0 fully saturated rings. The summed E-state index contributed by atoms with van der Waals surface area (Å²) in [6, 6.07) is 14.7. The molecule has 2 heterocycles. The number of halogens is 2. The van der Waals surface area contributed by atoms with Gasteiger partial charge in [-0.1, -0.05) is 24.3 Å². The van der Waals surface area contributed by atoms with Gasteiger partial charge < -0.3 is 8.83 Å². The zero-order valence-electron chi connectivity index (χ0n) is 12.3. The molecule has 0 aliphatic rings. The van der Waals surface area contributed by atoms with E-state index in [0.29, 0.717) is 27.8 Å². The molecule has 4 rings (SSSR count). The van der Waals surface area contributed by atoms with Crippen molar-refractivity contribution in [2.75, 3.05) is 0 Å². The fraction of sp³-hybridized carbons (Fsp3) is 0. The summed E-state index contributed by atoms with van der Waals surface area (Å²) in [7, 11) is 0. The molecular formula is C19H10F2O3. The van der Waals surface area contributed by atoms with Gasteiger partial charge in [-0.25, -0.2) is 13.6 Å². The van der Waals surface area contributed by atoms with Crippen LogP contribution in [0.5, 0.6) is 0 Å². The zero-order chi connectivity index (χ0) is 16.7. The van der Waals surface area contributed by atoms with Crippen LogP contribution in [-0.2, 0) is 0 Å². The maximum Gasteiger partial charge on any atom is 0.339 e. The molecule has 2 aromatic carbocycles. The van der Waals surface area contributed by atoms with Crippen molar-refractivity contribution in [3.63, 3.8) is 0 Å². The van der Waals surface area contributed by atoms with Crippen LogP contribution in [0.15, 0.2) is 74.3 Å². The van der Waals surface area contributed by atoms with E-state index in [-0.39, 0.29) is 5.78 Å². The molecule has 0 radical (unpaired) electrons. The van der Waals surface area contributed by atoms with E-state index in [1.807, 2.05) is 0 Å². The van der Waals surface area contributed by atoms with Crippen LogP contribution < -0.4 is 5.63 Å². The molecule has 5 heteroatoms. The van der Waals surface area contributed by atoms with Crippen molar-refractivity contribution in [1.29, 1.82) is 0 Å². The lowest BCUT2D eigenvalue weighted by atomic mass is 10.0. The molecule has 24 heavy (non-hydrogen) atoms. The van der Waals surface area contributed by atoms with Gasteiger partial charge in [-0.3, -0.25) is 0 Å². The summed E-state index contributed by atoms with van der Waals surface area (Å²) in [4.78, 5) is 11.8. The number of hydrogen-bond acceptors (Lipinski definition) is 3. The van der Waals surface area contributed by atoms with Gasteiger partial charge in [0.05, 0.1) is 5.39 Å². The maximum atomic E-state index is 13.5. The Morgan fingerprint density at radius 2 is 1.42 bits per heavy atom. The van der Waals surface area contributed by atoms with Crippen LogP contribution in [-0.4, -0.2) is 0 Å². The minimum absolute atomic E-state index is 0.0148. The molecule has 4 aromatic rings. The van der Waals surface area contributed by atoms with Crippen LogP contribution in [0, 0.1) is 11.6 Å². The third kappa shape index (κ3) is 2.50. The molecule has 3 nitrogen and oxygen atoms in total. The Morgan fingerprint density at radius 3 is 2.12 bits per heavy atom. The molecule has 0 amide bonds. The molecule has 2 aromatic heterocycles. The van der Waals surface area contributed by atoms with E-state index in [1.54, 1.807) is 30.3 Å². The van der Waals surface area contributed by atoms with Crippen molar-refractivity contribution in [3.8, 4) is 22.5 Å². The van der Waals surface area contributed by atoms with Gasteiger partial charge in [0.1, 0.15) is 17.4 Å². The molecule has 0 aliphatic carbocycles. The summed E-state index contributed by atoms with van der Waals surface area (Å²) in [5.74, 6) is -0.444. The Balaban J connectivity index is 1.97. The standard InChI is InChI=1S/C19H10F2O3/c20-13-5-1-3-11(7-13)15-10-18(22)24-19-16(15)9-17(23-19)12-4-2-6-14(21)8-12/h1-10H. The van der Waals surface area contributed by atoms with Crippen LogP contribution in [0.3, 0.4) is 0 Å². The first kappa shape index (κ1) is 14.4. The molecular weight excluding hydrogens is 314 g/mol. The summed E-state index contributed by atoms with van der Waals surface area (Å²) in [5, 5.41) is 0.513. The molecule has 0 spiro atoms. The lowest BCUT2D eigenvalue weighted by Gasteiger charge is -2.01. The Labute approximate surface area is 134 Å². The van der Waals surface area contributed by atoms with Gasteiger partial charge in [0, 0.05) is 17.2 Å². The van der Waals surface area contributed by atoms with Crippen LogP contribution in [0.4, 0.5) is 8.78 Å². The second kappa shape index (κ2) is 5.45. The van der Waals surface area contributed by atoms with E-state index < -0.39 is 17.3 Å². The molecule has 0 aliphatic heterocycles. The van der Waals surface area contributed by atoms with E-state index >= 15 is 0 Å². The highest BCUT2D eigenvalue weighted by atomic mass is 19.1. The van der Waals surface area contributed by atoms with Crippen LogP contribution in [0.2, 0.25) is 0 Å². The molecule has 0 saturated heterocycles. The second-order valence-electron chi connectivity index (χ2n) is 5.31. The van der Waals surface area contributed by atoms with Gasteiger partial charge >= 0.3 is 11.4 Å². The van der Waals surface area contributed by atoms with Gasteiger partial charge in [0.25, 0.3) is 0 Å². The van der Waals surface area contributed by atoms with Gasteiger partial charge in [0.15, 0.2) is 0 Å². The molecule has 118 valence electrons. The third-order valence-electron chi connectivity index (χ3n) is 3.69. The number of fused-ring (bicyclic) bond motifs is 1. The van der Waals surface area contributed by atoms with Gasteiger partial charge in [-0.2, -0.15) is 0 Å².